The molecule has 0 aromatic carbocycles. The van der Waals surface area contributed by atoms with Gasteiger partial charge >= 0.3 is 0 Å². The molecule has 84 valence electrons. The topological polar surface area (TPSA) is 0 Å². The first-order valence-electron chi connectivity index (χ1n) is 7.40. The lowest BCUT2D eigenvalue weighted by molar-refractivity contribution is 0.111. The standard InChI is InChI=1S/C15H24/c1-2-12-6-11-7-13(8-11)15(14(12)3-1)9-10-4-5-10/h10-15H,1-9H2/t11?,12?,13?,14-,15+/m1/s1. The molecule has 5 fully saturated rings. The van der Waals surface area contributed by atoms with Crippen molar-refractivity contribution in [1.29, 1.82) is 0 Å². The highest BCUT2D eigenvalue weighted by molar-refractivity contribution is 4.98. The summed E-state index contributed by atoms with van der Waals surface area (Å²) in [7, 11) is 0. The lowest BCUT2D eigenvalue weighted by Crippen LogP contribution is -2.30. The molecule has 15 heavy (non-hydrogen) atoms. The maximum atomic E-state index is 1.64. The smallest absolute Gasteiger partial charge is 0.0352 e. The second-order valence-corrected chi connectivity index (χ2v) is 7.03. The van der Waals surface area contributed by atoms with Crippen molar-refractivity contribution in [2.24, 2.45) is 35.5 Å². The van der Waals surface area contributed by atoms with E-state index in [2.05, 4.69) is 0 Å². The maximum Gasteiger partial charge on any atom is -0.0352 e. The van der Waals surface area contributed by atoms with Gasteiger partial charge < -0.3 is 0 Å². The molecule has 3 atom stereocenters. The van der Waals surface area contributed by atoms with Crippen LogP contribution in [0.3, 0.4) is 0 Å². The van der Waals surface area contributed by atoms with Crippen LogP contribution in [0.4, 0.5) is 0 Å². The molecule has 0 saturated heterocycles. The van der Waals surface area contributed by atoms with Crippen molar-refractivity contribution in [3.8, 4) is 0 Å². The summed E-state index contributed by atoms with van der Waals surface area (Å²) in [4.78, 5) is 0. The molecule has 0 aromatic heterocycles. The van der Waals surface area contributed by atoms with Gasteiger partial charge in [-0.15, -0.1) is 0 Å². The summed E-state index contributed by atoms with van der Waals surface area (Å²) in [6.07, 6.45) is 14.4. The molecule has 5 saturated carbocycles. The Morgan fingerprint density at radius 2 is 1.60 bits per heavy atom. The average molecular weight is 204 g/mol. The van der Waals surface area contributed by atoms with Crippen LogP contribution in [0.25, 0.3) is 0 Å². The molecule has 0 aliphatic heterocycles. The van der Waals surface area contributed by atoms with Crippen LogP contribution >= 0.6 is 0 Å². The van der Waals surface area contributed by atoms with Crippen LogP contribution in [0, 0.1) is 35.5 Å². The van der Waals surface area contributed by atoms with Crippen LogP contribution in [0.2, 0.25) is 0 Å². The van der Waals surface area contributed by atoms with Crippen LogP contribution < -0.4 is 0 Å². The highest BCUT2D eigenvalue weighted by Crippen LogP contribution is 2.58. The molecular weight excluding hydrogens is 180 g/mol. The van der Waals surface area contributed by atoms with E-state index in [1.54, 1.807) is 57.8 Å². The Labute approximate surface area is 93.8 Å². The van der Waals surface area contributed by atoms with E-state index in [1.807, 2.05) is 0 Å². The molecule has 0 spiro atoms. The molecule has 0 heterocycles. The lowest BCUT2D eigenvalue weighted by atomic mass is 9.66. The molecule has 0 heteroatoms. The summed E-state index contributed by atoms with van der Waals surface area (Å²) < 4.78 is 0. The third kappa shape index (κ3) is 1.47. The first-order valence-corrected chi connectivity index (χ1v) is 7.40. The first kappa shape index (κ1) is 9.07. The van der Waals surface area contributed by atoms with Gasteiger partial charge in [-0.3, -0.25) is 0 Å². The van der Waals surface area contributed by atoms with Crippen molar-refractivity contribution in [2.45, 2.75) is 57.8 Å². The van der Waals surface area contributed by atoms with Gasteiger partial charge in [-0.2, -0.15) is 0 Å². The monoisotopic (exact) mass is 204 g/mol. The van der Waals surface area contributed by atoms with E-state index in [9.17, 15) is 0 Å². The molecule has 5 aliphatic rings. The van der Waals surface area contributed by atoms with Crippen LogP contribution in [-0.2, 0) is 0 Å². The Morgan fingerprint density at radius 1 is 0.800 bits per heavy atom. The van der Waals surface area contributed by atoms with Crippen molar-refractivity contribution in [1.82, 2.24) is 0 Å². The average Bonchev–Trinajstić information content (AvgIpc) is 2.92. The van der Waals surface area contributed by atoms with Gasteiger partial charge in [0, 0.05) is 0 Å². The SMILES string of the molecule is C1CC2CC3CC(C3)[C@H](CC3CC3)[C@@H]2C1. The Kier molecular flexibility index (Phi) is 1.96. The molecule has 0 amide bonds. The van der Waals surface area contributed by atoms with E-state index in [0.29, 0.717) is 0 Å². The maximum absolute atomic E-state index is 1.64. The predicted molar refractivity (Wildman–Crippen MR) is 62.5 cm³/mol. The van der Waals surface area contributed by atoms with Crippen molar-refractivity contribution in [2.75, 3.05) is 0 Å². The van der Waals surface area contributed by atoms with Crippen molar-refractivity contribution in [3.05, 3.63) is 0 Å². The minimum absolute atomic E-state index is 1.17. The third-order valence-corrected chi connectivity index (χ3v) is 6.08. The first-order chi connectivity index (χ1) is 7.40. The predicted octanol–water partition coefficient (Wildman–Crippen LogP) is 4.25. The van der Waals surface area contributed by atoms with Gasteiger partial charge in [-0.25, -0.2) is 0 Å². The Bertz CT molecular complexity index is 247. The molecule has 5 rings (SSSR count). The fourth-order valence-corrected chi connectivity index (χ4v) is 5.13. The Morgan fingerprint density at radius 3 is 2.40 bits per heavy atom. The van der Waals surface area contributed by atoms with Crippen molar-refractivity contribution < 1.29 is 0 Å². The zero-order valence-corrected chi connectivity index (χ0v) is 9.83. The summed E-state index contributed by atoms with van der Waals surface area (Å²) in [6, 6.07) is 0. The van der Waals surface area contributed by atoms with E-state index in [4.69, 9.17) is 0 Å². The molecule has 0 radical (unpaired) electrons. The molecule has 0 N–H and O–H groups in total. The highest BCUT2D eigenvalue weighted by atomic mass is 14.5. The van der Waals surface area contributed by atoms with Gasteiger partial charge in [-0.1, -0.05) is 25.7 Å². The number of hydrogen-bond acceptors (Lipinski definition) is 0. The zero-order valence-electron chi connectivity index (χ0n) is 9.83. The summed E-state index contributed by atoms with van der Waals surface area (Å²) in [6.45, 7) is 0. The fraction of sp³-hybridized carbons (Fsp3) is 1.00. The fourth-order valence-electron chi connectivity index (χ4n) is 5.13. The normalized spacial score (nSPS) is 53.2. The Balaban J connectivity index is 1.55. The molecule has 0 nitrogen and oxygen atoms in total. The molecule has 5 aliphatic carbocycles. The summed E-state index contributed by atoms with van der Waals surface area (Å²) >= 11 is 0. The van der Waals surface area contributed by atoms with E-state index in [-0.39, 0.29) is 0 Å². The Hall–Kier alpha value is 0. The van der Waals surface area contributed by atoms with Gasteiger partial charge in [0.15, 0.2) is 0 Å². The quantitative estimate of drug-likeness (QED) is 0.631. The lowest BCUT2D eigenvalue weighted by Gasteiger charge is -2.39. The third-order valence-electron chi connectivity index (χ3n) is 6.08. The molecule has 0 aromatic rings. The van der Waals surface area contributed by atoms with E-state index >= 15 is 0 Å². The van der Waals surface area contributed by atoms with Crippen molar-refractivity contribution >= 4 is 0 Å². The van der Waals surface area contributed by atoms with Crippen LogP contribution in [0.15, 0.2) is 0 Å². The van der Waals surface area contributed by atoms with Gasteiger partial charge in [0.1, 0.15) is 0 Å². The summed E-state index contributed by atoms with van der Waals surface area (Å²) in [5, 5.41) is 0. The minimum Gasteiger partial charge on any atom is -0.0527 e. The number of hydrogen-bond donors (Lipinski definition) is 0. The van der Waals surface area contributed by atoms with Gasteiger partial charge in [0.05, 0.1) is 0 Å². The van der Waals surface area contributed by atoms with Gasteiger partial charge in [-0.05, 0) is 67.6 Å². The summed E-state index contributed by atoms with van der Waals surface area (Å²) in [5.74, 6) is 7.07. The minimum atomic E-state index is 1.17. The van der Waals surface area contributed by atoms with Gasteiger partial charge in [0.2, 0.25) is 0 Å². The molecular formula is C15H24. The van der Waals surface area contributed by atoms with E-state index in [0.717, 1.165) is 0 Å². The highest BCUT2D eigenvalue weighted by Gasteiger charge is 2.48. The largest absolute Gasteiger partial charge is 0.0527 e. The van der Waals surface area contributed by atoms with Crippen LogP contribution in [0.1, 0.15) is 57.8 Å². The van der Waals surface area contributed by atoms with Crippen molar-refractivity contribution in [3.63, 3.8) is 0 Å². The van der Waals surface area contributed by atoms with Crippen LogP contribution in [0.5, 0.6) is 0 Å². The molecule has 1 unspecified atom stereocenters. The van der Waals surface area contributed by atoms with E-state index in [1.165, 1.54) is 35.5 Å². The number of rotatable bonds is 2. The van der Waals surface area contributed by atoms with Crippen LogP contribution in [-0.4, -0.2) is 0 Å². The zero-order chi connectivity index (χ0) is 9.83. The summed E-state index contributed by atoms with van der Waals surface area (Å²) in [5.41, 5.74) is 0. The second kappa shape index (κ2) is 3.25. The van der Waals surface area contributed by atoms with E-state index < -0.39 is 0 Å². The van der Waals surface area contributed by atoms with Gasteiger partial charge in [0.25, 0.3) is 0 Å². The molecule has 2 bridgehead atoms. The second-order valence-electron chi connectivity index (χ2n) is 7.03.